The minimum absolute atomic E-state index is 0.0311. The fourth-order valence-electron chi connectivity index (χ4n) is 2.04. The molecule has 3 rings (SSSR count). The highest BCUT2D eigenvalue weighted by atomic mass is 16.4. The first kappa shape index (κ1) is 13.2. The molecule has 0 bridgehead atoms. The Bertz CT molecular complexity index is 649. The van der Waals surface area contributed by atoms with Crippen LogP contribution in [0.4, 0.5) is 0 Å². The molecule has 0 unspecified atom stereocenters. The predicted molar refractivity (Wildman–Crippen MR) is 70.8 cm³/mol. The van der Waals surface area contributed by atoms with Crippen LogP contribution in [0.1, 0.15) is 23.2 Å². The monoisotopic (exact) mass is 287 g/mol. The second kappa shape index (κ2) is 5.31. The van der Waals surface area contributed by atoms with Crippen molar-refractivity contribution < 1.29 is 14.7 Å². The van der Waals surface area contributed by atoms with E-state index in [1.165, 1.54) is 28.4 Å². The quantitative estimate of drug-likeness (QED) is 0.851. The van der Waals surface area contributed by atoms with Crippen molar-refractivity contribution in [3.05, 3.63) is 36.5 Å². The van der Waals surface area contributed by atoms with Crippen molar-refractivity contribution in [3.63, 3.8) is 0 Å². The van der Waals surface area contributed by atoms with E-state index >= 15 is 0 Å². The fourth-order valence-corrected chi connectivity index (χ4v) is 2.04. The van der Waals surface area contributed by atoms with Crippen LogP contribution in [0.2, 0.25) is 0 Å². The Balaban J connectivity index is 1.79. The van der Waals surface area contributed by atoms with Crippen molar-refractivity contribution in [1.82, 2.24) is 24.6 Å². The van der Waals surface area contributed by atoms with Crippen LogP contribution < -0.4 is 0 Å². The number of hydrogen-bond acceptors (Lipinski definition) is 5. The number of aliphatic carboxylic acids is 1. The summed E-state index contributed by atoms with van der Waals surface area (Å²) in [6, 6.07) is 3.29. The summed E-state index contributed by atoms with van der Waals surface area (Å²) in [6.45, 7) is -0.283. The highest BCUT2D eigenvalue weighted by Gasteiger charge is 2.34. The van der Waals surface area contributed by atoms with Crippen LogP contribution in [0.15, 0.2) is 31.0 Å². The second-order valence-electron chi connectivity index (χ2n) is 4.80. The van der Waals surface area contributed by atoms with Gasteiger partial charge in [0.05, 0.1) is 5.56 Å². The maximum atomic E-state index is 12.3. The number of hydrogen-bond donors (Lipinski definition) is 1. The lowest BCUT2D eigenvalue weighted by Gasteiger charge is -2.20. The molecule has 1 aliphatic rings. The predicted octanol–water partition coefficient (Wildman–Crippen LogP) is 0.351. The van der Waals surface area contributed by atoms with Gasteiger partial charge in [-0.2, -0.15) is 5.10 Å². The van der Waals surface area contributed by atoms with Gasteiger partial charge in [-0.25, -0.2) is 14.6 Å². The topological polar surface area (TPSA) is 101 Å². The number of amides is 1. The summed E-state index contributed by atoms with van der Waals surface area (Å²) < 4.78 is 1.48. The fraction of sp³-hybridized carbons (Fsp3) is 0.308. The summed E-state index contributed by atoms with van der Waals surface area (Å²) in [7, 11) is 0. The molecule has 0 aliphatic heterocycles. The lowest BCUT2D eigenvalue weighted by molar-refractivity contribution is -0.137. The van der Waals surface area contributed by atoms with Gasteiger partial charge in [-0.3, -0.25) is 9.59 Å². The summed E-state index contributed by atoms with van der Waals surface area (Å²) in [5.41, 5.74) is 0.368. The molecule has 2 aromatic rings. The first-order chi connectivity index (χ1) is 10.1. The van der Waals surface area contributed by atoms with Crippen molar-refractivity contribution >= 4 is 11.9 Å². The van der Waals surface area contributed by atoms with Crippen molar-refractivity contribution in [1.29, 1.82) is 0 Å². The third-order valence-electron chi connectivity index (χ3n) is 3.20. The van der Waals surface area contributed by atoms with Crippen LogP contribution >= 0.6 is 0 Å². The zero-order valence-electron chi connectivity index (χ0n) is 11.1. The van der Waals surface area contributed by atoms with Gasteiger partial charge in [-0.1, -0.05) is 0 Å². The maximum absolute atomic E-state index is 12.3. The number of carbonyl (C=O) groups excluding carboxylic acids is 1. The van der Waals surface area contributed by atoms with Crippen LogP contribution in [-0.2, 0) is 4.79 Å². The summed E-state index contributed by atoms with van der Waals surface area (Å²) in [5.74, 6) is -0.778. The van der Waals surface area contributed by atoms with Crippen molar-refractivity contribution in [2.45, 2.75) is 18.9 Å². The normalized spacial score (nSPS) is 13.9. The molecule has 1 saturated carbocycles. The second-order valence-corrected chi connectivity index (χ2v) is 4.80. The van der Waals surface area contributed by atoms with Crippen LogP contribution in [-0.4, -0.2) is 54.2 Å². The third kappa shape index (κ3) is 2.88. The summed E-state index contributed by atoms with van der Waals surface area (Å²) in [5, 5.41) is 12.8. The number of nitrogens with zero attached hydrogens (tertiary/aromatic N) is 5. The standard InChI is InChI=1S/C13H13N5O3/c19-12(20)6-17(10-2-3-10)13(21)9-1-4-11(15-5-9)18-8-14-7-16-18/h1,4-5,7-8,10H,2-3,6H2,(H,19,20). The molecule has 0 atom stereocenters. The van der Waals surface area contributed by atoms with E-state index in [2.05, 4.69) is 15.1 Å². The zero-order chi connectivity index (χ0) is 14.8. The SMILES string of the molecule is O=C(O)CN(C(=O)c1ccc(-n2cncn2)nc1)C1CC1. The van der Waals surface area contributed by atoms with Gasteiger partial charge in [-0.05, 0) is 25.0 Å². The molecular weight excluding hydrogens is 274 g/mol. The summed E-state index contributed by atoms with van der Waals surface area (Å²) in [4.78, 5) is 32.6. The van der Waals surface area contributed by atoms with Gasteiger partial charge in [0.2, 0.25) is 0 Å². The largest absolute Gasteiger partial charge is 0.480 e. The molecule has 108 valence electrons. The molecule has 0 aromatic carbocycles. The lowest BCUT2D eigenvalue weighted by Crippen LogP contribution is -2.37. The Kier molecular flexibility index (Phi) is 3.35. The van der Waals surface area contributed by atoms with Gasteiger partial charge in [-0.15, -0.1) is 0 Å². The Morgan fingerprint density at radius 3 is 2.71 bits per heavy atom. The third-order valence-corrected chi connectivity index (χ3v) is 3.20. The zero-order valence-corrected chi connectivity index (χ0v) is 11.1. The molecule has 2 aromatic heterocycles. The van der Waals surface area contributed by atoms with Gasteiger partial charge < -0.3 is 10.0 Å². The van der Waals surface area contributed by atoms with E-state index in [4.69, 9.17) is 5.11 Å². The Hall–Kier alpha value is -2.77. The van der Waals surface area contributed by atoms with Crippen molar-refractivity contribution in [2.75, 3.05) is 6.54 Å². The van der Waals surface area contributed by atoms with Gasteiger partial charge in [0, 0.05) is 12.2 Å². The molecule has 1 amide bonds. The average molecular weight is 287 g/mol. The molecule has 1 N–H and O–H groups in total. The molecule has 8 nitrogen and oxygen atoms in total. The average Bonchev–Trinajstić information content (AvgIpc) is 3.18. The number of carboxylic acid groups (broad SMARTS) is 1. The molecule has 8 heteroatoms. The summed E-state index contributed by atoms with van der Waals surface area (Å²) in [6.07, 6.45) is 6.02. The molecule has 1 aliphatic carbocycles. The van der Waals surface area contributed by atoms with Gasteiger partial charge >= 0.3 is 5.97 Å². The molecule has 2 heterocycles. The first-order valence-electron chi connectivity index (χ1n) is 6.49. The minimum atomic E-state index is -1.01. The lowest BCUT2D eigenvalue weighted by atomic mass is 10.2. The number of aromatic nitrogens is 4. The number of carboxylic acids is 1. The number of rotatable bonds is 5. The maximum Gasteiger partial charge on any atom is 0.323 e. The van der Waals surface area contributed by atoms with Gasteiger partial charge in [0.15, 0.2) is 5.82 Å². The molecule has 21 heavy (non-hydrogen) atoms. The van der Waals surface area contributed by atoms with Crippen molar-refractivity contribution in [2.24, 2.45) is 0 Å². The Morgan fingerprint density at radius 1 is 1.38 bits per heavy atom. The van der Waals surface area contributed by atoms with Crippen LogP contribution in [0, 0.1) is 0 Å². The molecule has 0 saturated heterocycles. The Morgan fingerprint density at radius 2 is 2.19 bits per heavy atom. The molecule has 1 fully saturated rings. The van der Waals surface area contributed by atoms with E-state index in [0.717, 1.165) is 12.8 Å². The number of carbonyl (C=O) groups is 2. The number of pyridine rings is 1. The van der Waals surface area contributed by atoms with E-state index in [0.29, 0.717) is 11.4 Å². The van der Waals surface area contributed by atoms with Crippen molar-refractivity contribution in [3.8, 4) is 5.82 Å². The molecule has 0 radical (unpaired) electrons. The van der Waals surface area contributed by atoms with Crippen LogP contribution in [0.5, 0.6) is 0 Å². The first-order valence-corrected chi connectivity index (χ1v) is 6.49. The van der Waals surface area contributed by atoms with Gasteiger partial charge in [0.25, 0.3) is 5.91 Å². The van der Waals surface area contributed by atoms with E-state index in [-0.39, 0.29) is 18.5 Å². The highest BCUT2D eigenvalue weighted by molar-refractivity contribution is 5.96. The van der Waals surface area contributed by atoms with E-state index in [9.17, 15) is 9.59 Å². The van der Waals surface area contributed by atoms with Crippen LogP contribution in [0.3, 0.4) is 0 Å². The van der Waals surface area contributed by atoms with Gasteiger partial charge in [0.1, 0.15) is 19.2 Å². The highest BCUT2D eigenvalue weighted by Crippen LogP contribution is 2.28. The summed E-state index contributed by atoms with van der Waals surface area (Å²) >= 11 is 0. The molecule has 0 spiro atoms. The van der Waals surface area contributed by atoms with E-state index in [1.807, 2.05) is 0 Å². The van der Waals surface area contributed by atoms with Crippen LogP contribution in [0.25, 0.3) is 5.82 Å². The minimum Gasteiger partial charge on any atom is -0.480 e. The molecular formula is C13H13N5O3. The Labute approximate surface area is 120 Å². The van der Waals surface area contributed by atoms with E-state index < -0.39 is 5.97 Å². The van der Waals surface area contributed by atoms with E-state index in [1.54, 1.807) is 12.1 Å². The smallest absolute Gasteiger partial charge is 0.323 e.